The monoisotopic (exact) mass is 325 g/mol. The molecule has 0 radical (unpaired) electrons. The van der Waals surface area contributed by atoms with Crippen molar-refractivity contribution in [3.05, 3.63) is 11.6 Å². The summed E-state index contributed by atoms with van der Waals surface area (Å²) in [4.78, 5) is 23.3. The van der Waals surface area contributed by atoms with E-state index < -0.39 is 18.1 Å². The van der Waals surface area contributed by atoms with Crippen LogP contribution in [-0.4, -0.2) is 58.1 Å². The molecule has 23 heavy (non-hydrogen) atoms. The first-order chi connectivity index (χ1) is 10.5. The van der Waals surface area contributed by atoms with E-state index in [1.807, 2.05) is 27.7 Å². The minimum atomic E-state index is -1.21. The largest absolute Gasteiger partial charge is 0.479 e. The molecule has 1 saturated heterocycles. The van der Waals surface area contributed by atoms with Crippen LogP contribution in [0.5, 0.6) is 0 Å². The van der Waals surface area contributed by atoms with Crippen LogP contribution < -0.4 is 0 Å². The molecule has 0 spiro atoms. The number of aliphatic carboxylic acids is 1. The maximum atomic E-state index is 11.3. The first kappa shape index (κ1) is 17.8. The molecule has 0 aromatic rings. The fourth-order valence-electron chi connectivity index (χ4n) is 2.91. The lowest BCUT2D eigenvalue weighted by Crippen LogP contribution is -2.41. The molecule has 0 bridgehead atoms. The Hall–Kier alpha value is -1.54. The molecule has 0 unspecified atom stereocenters. The van der Waals surface area contributed by atoms with Gasteiger partial charge in [-0.15, -0.1) is 0 Å². The van der Waals surface area contributed by atoms with Crippen molar-refractivity contribution in [2.45, 2.75) is 64.1 Å². The molecule has 0 aromatic heterocycles. The van der Waals surface area contributed by atoms with E-state index in [2.05, 4.69) is 0 Å². The van der Waals surface area contributed by atoms with Gasteiger partial charge < -0.3 is 19.5 Å². The number of hydrogen-bond donors (Lipinski definition) is 2. The fraction of sp³-hybridized carbons (Fsp3) is 0.733. The van der Waals surface area contributed by atoms with E-state index in [1.54, 1.807) is 6.08 Å². The van der Waals surface area contributed by atoms with E-state index in [9.17, 15) is 14.7 Å². The Kier molecular flexibility index (Phi) is 4.77. The van der Waals surface area contributed by atoms with Crippen LogP contribution in [0.15, 0.2) is 11.6 Å². The average molecular weight is 325 g/mol. The Morgan fingerprint density at radius 2 is 1.83 bits per heavy atom. The topological polar surface area (TPSA) is 96.3 Å². The van der Waals surface area contributed by atoms with Gasteiger partial charge in [0.25, 0.3) is 0 Å². The second-order valence-corrected chi connectivity index (χ2v) is 7.03. The number of amides is 1. The summed E-state index contributed by atoms with van der Waals surface area (Å²) >= 11 is 0. The lowest BCUT2D eigenvalue weighted by molar-refractivity contribution is -0.140. The van der Waals surface area contributed by atoms with Gasteiger partial charge in [-0.05, 0) is 46.0 Å². The summed E-state index contributed by atoms with van der Waals surface area (Å²) in [6.07, 6.45) is 2.32. The third kappa shape index (κ3) is 3.53. The highest BCUT2D eigenvalue weighted by molar-refractivity contribution is 6.45. The van der Waals surface area contributed by atoms with Crippen LogP contribution in [0.3, 0.4) is 0 Å². The summed E-state index contributed by atoms with van der Waals surface area (Å²) in [7, 11) is -0.319. The minimum Gasteiger partial charge on any atom is -0.479 e. The number of carboxylic acids is 1. The van der Waals surface area contributed by atoms with Gasteiger partial charge in [0.15, 0.2) is 6.04 Å². The molecule has 2 aliphatic rings. The molecule has 1 amide bonds. The number of nitrogens with zero attached hydrogens (tertiary/aromatic N) is 1. The van der Waals surface area contributed by atoms with Gasteiger partial charge in [-0.25, -0.2) is 9.59 Å². The quantitative estimate of drug-likeness (QED) is 0.594. The molecule has 0 aromatic carbocycles. The van der Waals surface area contributed by atoms with Crippen molar-refractivity contribution in [3.63, 3.8) is 0 Å². The lowest BCUT2D eigenvalue weighted by atomic mass is 9.81. The van der Waals surface area contributed by atoms with Crippen molar-refractivity contribution < 1.29 is 29.1 Å². The molecule has 2 aliphatic heterocycles. The summed E-state index contributed by atoms with van der Waals surface area (Å²) in [5.41, 5.74) is -0.126. The van der Waals surface area contributed by atoms with Crippen molar-refractivity contribution in [3.8, 4) is 0 Å². The van der Waals surface area contributed by atoms with Crippen molar-refractivity contribution in [2.24, 2.45) is 0 Å². The van der Waals surface area contributed by atoms with E-state index in [1.165, 1.54) is 0 Å². The minimum absolute atomic E-state index is 0.123. The highest BCUT2D eigenvalue weighted by Crippen LogP contribution is 2.38. The van der Waals surface area contributed by atoms with Crippen LogP contribution in [0.25, 0.3) is 0 Å². The number of hydrogen-bond acceptors (Lipinski definition) is 4. The molecular formula is C15H24BNO6. The highest BCUT2D eigenvalue weighted by atomic mass is 16.7. The van der Waals surface area contributed by atoms with Gasteiger partial charge in [0.1, 0.15) is 0 Å². The van der Waals surface area contributed by atoms with Gasteiger partial charge in [0, 0.05) is 6.54 Å². The molecule has 1 fully saturated rings. The van der Waals surface area contributed by atoms with Gasteiger partial charge in [-0.3, -0.25) is 4.90 Å². The van der Waals surface area contributed by atoms with Crippen LogP contribution in [0.1, 0.15) is 40.5 Å². The Morgan fingerprint density at radius 3 is 2.30 bits per heavy atom. The molecule has 2 N–H and O–H groups in total. The smallest absolute Gasteiger partial charge is 0.457 e. The predicted molar refractivity (Wildman–Crippen MR) is 84.4 cm³/mol. The maximum absolute atomic E-state index is 11.3. The molecule has 2 rings (SSSR count). The van der Waals surface area contributed by atoms with Crippen LogP contribution in [-0.2, 0) is 14.1 Å². The Labute approximate surface area is 136 Å². The van der Waals surface area contributed by atoms with E-state index in [0.29, 0.717) is 24.7 Å². The molecule has 1 atom stereocenters. The molecule has 8 heteroatoms. The predicted octanol–water partition coefficient (Wildman–Crippen LogP) is 2.23. The van der Waals surface area contributed by atoms with Crippen molar-refractivity contribution in [1.82, 2.24) is 4.90 Å². The van der Waals surface area contributed by atoms with E-state index in [4.69, 9.17) is 14.4 Å². The summed E-state index contributed by atoms with van der Waals surface area (Å²) in [6.45, 7) is 8.06. The van der Waals surface area contributed by atoms with Crippen molar-refractivity contribution in [1.29, 1.82) is 0 Å². The van der Waals surface area contributed by atoms with Gasteiger partial charge in [0.2, 0.25) is 0 Å². The second kappa shape index (κ2) is 6.16. The molecular weight excluding hydrogens is 301 g/mol. The van der Waals surface area contributed by atoms with Gasteiger partial charge >= 0.3 is 19.2 Å². The Bertz CT molecular complexity index is 514. The van der Waals surface area contributed by atoms with Gasteiger partial charge in [-0.1, -0.05) is 12.5 Å². The molecule has 2 heterocycles. The lowest BCUT2D eigenvalue weighted by Gasteiger charge is -2.32. The Morgan fingerprint density at radius 1 is 1.26 bits per heavy atom. The summed E-state index contributed by atoms with van der Waals surface area (Å²) in [6, 6.07) is -1.08. The zero-order valence-electron chi connectivity index (χ0n) is 14.0. The van der Waals surface area contributed by atoms with E-state index in [0.717, 1.165) is 4.90 Å². The number of rotatable bonds is 5. The van der Waals surface area contributed by atoms with Crippen molar-refractivity contribution in [2.75, 3.05) is 6.54 Å². The first-order valence-electron chi connectivity index (χ1n) is 7.82. The third-order valence-electron chi connectivity index (χ3n) is 4.90. The Balaban J connectivity index is 1.88. The highest BCUT2D eigenvalue weighted by Gasteiger charge is 2.50. The normalized spacial score (nSPS) is 25.6. The summed E-state index contributed by atoms with van der Waals surface area (Å²) in [5.74, 6) is -1.13. The average Bonchev–Trinajstić information content (AvgIpc) is 2.89. The van der Waals surface area contributed by atoms with Crippen LogP contribution in [0.4, 0.5) is 4.79 Å². The SMILES string of the molecule is CC1(C)OB(CCCC2=CCN(C(=O)O)[C@@H]2C(=O)O)OC1(C)C. The molecule has 128 valence electrons. The van der Waals surface area contributed by atoms with Crippen LogP contribution in [0.2, 0.25) is 6.32 Å². The molecule has 0 aliphatic carbocycles. The van der Waals surface area contributed by atoms with E-state index in [-0.39, 0.29) is 24.9 Å². The summed E-state index contributed by atoms with van der Waals surface area (Å²) < 4.78 is 11.8. The first-order valence-corrected chi connectivity index (χ1v) is 7.82. The number of carboxylic acid groups (broad SMARTS) is 2. The van der Waals surface area contributed by atoms with Crippen molar-refractivity contribution >= 4 is 19.2 Å². The van der Waals surface area contributed by atoms with Gasteiger partial charge in [-0.2, -0.15) is 0 Å². The zero-order valence-corrected chi connectivity index (χ0v) is 14.0. The van der Waals surface area contributed by atoms with E-state index >= 15 is 0 Å². The second-order valence-electron chi connectivity index (χ2n) is 7.03. The molecule has 7 nitrogen and oxygen atoms in total. The number of carbonyl (C=O) groups is 2. The zero-order chi connectivity index (χ0) is 17.4. The summed E-state index contributed by atoms with van der Waals surface area (Å²) in [5, 5.41) is 18.3. The van der Waals surface area contributed by atoms with Crippen LogP contribution >= 0.6 is 0 Å². The third-order valence-corrected chi connectivity index (χ3v) is 4.90. The standard InChI is InChI=1S/C15H24BNO6/c1-14(2)15(3,4)23-16(22-14)8-5-6-10-7-9-17(13(20)21)11(10)12(18)19/h7,11H,5-6,8-9H2,1-4H3,(H,18,19)(H,20,21)/t11-/m0/s1. The maximum Gasteiger partial charge on any atom is 0.457 e. The fourth-order valence-corrected chi connectivity index (χ4v) is 2.91. The van der Waals surface area contributed by atoms with Crippen LogP contribution in [0, 0.1) is 0 Å². The van der Waals surface area contributed by atoms with Gasteiger partial charge in [0.05, 0.1) is 11.2 Å². The molecule has 0 saturated carbocycles.